The summed E-state index contributed by atoms with van der Waals surface area (Å²) in [7, 11) is 0. The monoisotopic (exact) mass is 1250 g/mol. The molecule has 3 rings (SSSR count). The number of nitrogens with one attached hydrogen (secondary N) is 10. The molecule has 3 aliphatic heterocycles. The number of hydrogen-bond donors (Lipinski definition) is 15. The number of amides is 13. The molecule has 0 aliphatic carbocycles. The second kappa shape index (κ2) is 35.7. The van der Waals surface area contributed by atoms with Crippen molar-refractivity contribution in [2.75, 3.05) is 26.2 Å². The SMILES string of the molecule is CC(C)C[C@H](NC(=O)[C@@H]1CCCN1C(=O)[C@@H](NC(=O)[C@@H]1CCCN1C(=O)[C@H](CC(N)=O)NC(=O)[C@H](C)NC(=O)[C@H](C)NC(=O)[C@@H]1CCCN1)C(C)C)C(=O)N[C@H](C(=O)N[C@@H](CCCCN)C(=O)N[C@@H](CCC(N)=O)C(=O)N[C@@H](CC(=O)O)C(=O)O)C(C)C. The normalized spacial score (nSPS) is 19.5. The van der Waals surface area contributed by atoms with Gasteiger partial charge in [-0.2, -0.15) is 0 Å². The molecule has 0 saturated carbocycles. The van der Waals surface area contributed by atoms with Crippen molar-refractivity contribution in [1.29, 1.82) is 0 Å². The first-order chi connectivity index (χ1) is 41.3. The number of nitrogens with zero attached hydrogens (tertiary/aromatic N) is 2. The smallest absolute Gasteiger partial charge is 0.326 e. The summed E-state index contributed by atoms with van der Waals surface area (Å²) in [5, 5.41) is 44.5. The van der Waals surface area contributed by atoms with Gasteiger partial charge in [0.1, 0.15) is 66.5 Å². The van der Waals surface area contributed by atoms with Crippen LogP contribution < -0.4 is 70.4 Å². The average molecular weight is 1250 g/mol. The molecule has 32 heteroatoms. The van der Waals surface area contributed by atoms with E-state index in [0.29, 0.717) is 32.2 Å². The molecule has 18 N–H and O–H groups in total. The lowest BCUT2D eigenvalue weighted by Gasteiger charge is -2.33. The molecule has 0 aromatic rings. The van der Waals surface area contributed by atoms with Crippen LogP contribution in [0.15, 0.2) is 0 Å². The van der Waals surface area contributed by atoms with Crippen LogP contribution in [0.1, 0.15) is 145 Å². The molecule has 0 radical (unpaired) electrons. The van der Waals surface area contributed by atoms with E-state index >= 15 is 0 Å². The molecule has 0 aromatic carbocycles. The van der Waals surface area contributed by atoms with Gasteiger partial charge in [-0.3, -0.25) is 67.1 Å². The number of carbonyl (C=O) groups is 15. The molecular weight excluding hydrogens is 1150 g/mol. The Morgan fingerprint density at radius 2 is 1.00 bits per heavy atom. The van der Waals surface area contributed by atoms with E-state index in [0.717, 1.165) is 6.42 Å². The van der Waals surface area contributed by atoms with E-state index in [4.69, 9.17) is 17.2 Å². The van der Waals surface area contributed by atoms with Crippen molar-refractivity contribution in [3.05, 3.63) is 0 Å². The topological polar surface area (TPSA) is 501 Å². The average Bonchev–Trinajstić information content (AvgIpc) is 4.12. The van der Waals surface area contributed by atoms with E-state index in [-0.39, 0.29) is 63.6 Å². The first-order valence-electron chi connectivity index (χ1n) is 30.1. The number of carbonyl (C=O) groups excluding carboxylic acids is 13. The van der Waals surface area contributed by atoms with Crippen molar-refractivity contribution < 1.29 is 82.1 Å². The summed E-state index contributed by atoms with van der Waals surface area (Å²) in [4.78, 5) is 201. The van der Waals surface area contributed by atoms with Crippen LogP contribution >= 0.6 is 0 Å². The number of nitrogens with two attached hydrogens (primary N) is 3. The lowest BCUT2D eigenvalue weighted by atomic mass is 9.98. The summed E-state index contributed by atoms with van der Waals surface area (Å²) in [6, 6.07) is -15.4. The Labute approximate surface area is 511 Å². The highest BCUT2D eigenvalue weighted by atomic mass is 16.4. The highest BCUT2D eigenvalue weighted by Gasteiger charge is 2.44. The second-order valence-electron chi connectivity index (χ2n) is 23.8. The summed E-state index contributed by atoms with van der Waals surface area (Å²) in [6.07, 6.45) is 0.469. The van der Waals surface area contributed by atoms with Crippen LogP contribution in [0.25, 0.3) is 0 Å². The zero-order chi connectivity index (χ0) is 66.3. The highest BCUT2D eigenvalue weighted by Crippen LogP contribution is 2.24. The summed E-state index contributed by atoms with van der Waals surface area (Å²) in [5.74, 6) is -15.1. The maximum Gasteiger partial charge on any atom is 0.326 e. The van der Waals surface area contributed by atoms with E-state index in [1.807, 2.05) is 5.32 Å². The Morgan fingerprint density at radius 1 is 0.489 bits per heavy atom. The first kappa shape index (κ1) is 74.2. The van der Waals surface area contributed by atoms with Gasteiger partial charge in [0.2, 0.25) is 76.8 Å². The molecule has 0 spiro atoms. The Bertz CT molecular complexity index is 2540. The summed E-state index contributed by atoms with van der Waals surface area (Å²) < 4.78 is 0. The number of carboxylic acids is 2. The molecule has 0 bridgehead atoms. The van der Waals surface area contributed by atoms with Crippen LogP contribution in [0.3, 0.4) is 0 Å². The summed E-state index contributed by atoms with van der Waals surface area (Å²) in [5.41, 5.74) is 16.5. The number of unbranched alkanes of at least 4 members (excludes halogenated alkanes) is 1. The van der Waals surface area contributed by atoms with E-state index < -0.39 is 193 Å². The molecule has 3 aliphatic rings. The largest absolute Gasteiger partial charge is 0.481 e. The molecule has 3 heterocycles. The zero-order valence-electron chi connectivity index (χ0n) is 51.5. The molecular formula is C56H93N15O17. The van der Waals surface area contributed by atoms with Gasteiger partial charge in [-0.1, -0.05) is 41.5 Å². The minimum atomic E-state index is -1.91. The van der Waals surface area contributed by atoms with Crippen molar-refractivity contribution in [3.63, 3.8) is 0 Å². The van der Waals surface area contributed by atoms with Crippen LogP contribution in [0.2, 0.25) is 0 Å². The number of hydrogen-bond acceptors (Lipinski definition) is 17. The van der Waals surface area contributed by atoms with Crippen LogP contribution in [0.5, 0.6) is 0 Å². The summed E-state index contributed by atoms with van der Waals surface area (Å²) >= 11 is 0. The lowest BCUT2D eigenvalue weighted by molar-refractivity contribution is -0.147. The fourth-order valence-corrected chi connectivity index (χ4v) is 10.4. The van der Waals surface area contributed by atoms with Crippen molar-refractivity contribution in [3.8, 4) is 0 Å². The fraction of sp³-hybridized carbons (Fsp3) is 0.732. The van der Waals surface area contributed by atoms with Crippen LogP contribution in [0.4, 0.5) is 0 Å². The third kappa shape index (κ3) is 23.2. The van der Waals surface area contributed by atoms with Crippen LogP contribution in [0, 0.1) is 17.8 Å². The van der Waals surface area contributed by atoms with Gasteiger partial charge in [-0.25, -0.2) is 4.79 Å². The van der Waals surface area contributed by atoms with Crippen molar-refractivity contribution in [2.24, 2.45) is 35.0 Å². The van der Waals surface area contributed by atoms with Gasteiger partial charge >= 0.3 is 11.9 Å². The predicted molar refractivity (Wildman–Crippen MR) is 313 cm³/mol. The minimum Gasteiger partial charge on any atom is -0.481 e. The summed E-state index contributed by atoms with van der Waals surface area (Å²) in [6.45, 7) is 13.9. The Kier molecular flexibility index (Phi) is 30.1. The number of aliphatic carboxylic acids is 2. The van der Waals surface area contributed by atoms with Gasteiger partial charge in [-0.15, -0.1) is 0 Å². The number of carboxylic acid groups (broad SMARTS) is 2. The predicted octanol–water partition coefficient (Wildman–Crippen LogP) is -4.69. The second-order valence-corrected chi connectivity index (χ2v) is 23.8. The maximum atomic E-state index is 14.5. The Hall–Kier alpha value is -8.03. The van der Waals surface area contributed by atoms with Gasteiger partial charge < -0.3 is 90.4 Å². The highest BCUT2D eigenvalue weighted by molar-refractivity contribution is 6.00. The van der Waals surface area contributed by atoms with E-state index in [2.05, 4.69) is 47.9 Å². The van der Waals surface area contributed by atoms with Gasteiger partial charge in [0, 0.05) is 19.5 Å². The number of likely N-dealkylation sites (tertiary alicyclic amines) is 2. The third-order valence-electron chi connectivity index (χ3n) is 15.3. The van der Waals surface area contributed by atoms with Gasteiger partial charge in [0.05, 0.1) is 18.9 Å². The molecule has 0 aromatic heterocycles. The number of rotatable bonds is 36. The van der Waals surface area contributed by atoms with Gasteiger partial charge in [0.25, 0.3) is 0 Å². The van der Waals surface area contributed by atoms with Gasteiger partial charge in [0.15, 0.2) is 0 Å². The van der Waals surface area contributed by atoms with Gasteiger partial charge in [-0.05, 0) is 115 Å². The lowest BCUT2D eigenvalue weighted by Crippen LogP contribution is -2.61. The van der Waals surface area contributed by atoms with E-state index in [1.54, 1.807) is 41.5 Å². The number of primary amides is 2. The van der Waals surface area contributed by atoms with Crippen LogP contribution in [-0.4, -0.2) is 207 Å². The van der Waals surface area contributed by atoms with E-state index in [9.17, 15) is 82.1 Å². The maximum absolute atomic E-state index is 14.5. The van der Waals surface area contributed by atoms with Crippen molar-refractivity contribution in [1.82, 2.24) is 63.0 Å². The fourth-order valence-electron chi connectivity index (χ4n) is 10.4. The molecule has 13 amide bonds. The molecule has 3 saturated heterocycles. The molecule has 12 atom stereocenters. The third-order valence-corrected chi connectivity index (χ3v) is 15.3. The quantitative estimate of drug-likeness (QED) is 0.0262. The van der Waals surface area contributed by atoms with Crippen LogP contribution in [-0.2, 0) is 71.9 Å². The first-order valence-corrected chi connectivity index (χ1v) is 30.1. The zero-order valence-corrected chi connectivity index (χ0v) is 51.5. The molecule has 88 heavy (non-hydrogen) atoms. The van der Waals surface area contributed by atoms with Crippen molar-refractivity contribution >= 4 is 88.7 Å². The van der Waals surface area contributed by atoms with E-state index in [1.165, 1.54) is 23.6 Å². The standard InChI is InChI=1S/C56H93N15O17/c1-27(2)24-35(50(81)68-43(28(3)4)53(84)64-33(14-9-10-20-57)48(79)63-34(18-19-40(58)72)49(80)67-37(56(87)88)26-42(74)75)65-51(82)38-16-13-23-71(38)55(86)44(29(5)6)69-52(83)39-17-12-22-70(39)54(85)36(25-41(59)73)66-46(77)31(8)61-45(76)30(7)62-47(78)32-15-11-21-60-32/h27-39,43-44,60H,9-26,57H2,1-8H3,(H2,58,72)(H2,59,73)(H,61,76)(H,62,78)(H,63,79)(H,64,84)(H,65,82)(H,66,77)(H,67,80)(H,68,81)(H,69,83)(H,74,75)(H,87,88)/t30-,31-,32-,33-,34-,35-,36-,37-,38-,39-,43-,44-/m0/s1. The molecule has 0 unspecified atom stereocenters. The minimum absolute atomic E-state index is 0.0260. The molecule has 3 fully saturated rings. The molecule has 494 valence electrons. The Balaban J connectivity index is 1.77. The molecule has 32 nitrogen and oxygen atoms in total. The van der Waals surface area contributed by atoms with Crippen molar-refractivity contribution in [2.45, 2.75) is 218 Å². The Morgan fingerprint density at radius 3 is 1.51 bits per heavy atom.